The number of halogens is 4. The van der Waals surface area contributed by atoms with E-state index >= 15 is 0 Å². The highest BCUT2D eigenvalue weighted by Crippen LogP contribution is 2.47. The van der Waals surface area contributed by atoms with Gasteiger partial charge in [-0.2, -0.15) is 23.4 Å². The lowest BCUT2D eigenvalue weighted by molar-refractivity contribution is -0.142. The molecular formula is C16H19BrF3N5O. The minimum Gasteiger partial charge on any atom is -0.323 e. The maximum atomic E-state index is 13.1. The zero-order valence-corrected chi connectivity index (χ0v) is 16.2. The number of aryl methyl sites for hydroxylation is 3. The molecule has 0 radical (unpaired) electrons. The van der Waals surface area contributed by atoms with Crippen molar-refractivity contribution in [2.24, 2.45) is 7.05 Å². The van der Waals surface area contributed by atoms with Crippen LogP contribution in [-0.4, -0.2) is 25.5 Å². The van der Waals surface area contributed by atoms with Crippen LogP contribution in [0.15, 0.2) is 4.47 Å². The van der Waals surface area contributed by atoms with Crippen LogP contribution in [0.1, 0.15) is 48.0 Å². The largest absolute Gasteiger partial charge is 0.436 e. The molecule has 0 aromatic carbocycles. The third-order valence-corrected chi connectivity index (χ3v) is 5.27. The van der Waals surface area contributed by atoms with E-state index in [0.29, 0.717) is 17.1 Å². The fraction of sp³-hybridized carbons (Fsp3) is 0.562. The summed E-state index contributed by atoms with van der Waals surface area (Å²) in [6, 6.07) is 0. The first-order valence-corrected chi connectivity index (χ1v) is 9.02. The third kappa shape index (κ3) is 3.65. The van der Waals surface area contributed by atoms with E-state index in [2.05, 4.69) is 31.4 Å². The fourth-order valence-electron chi connectivity index (χ4n) is 2.92. The fourth-order valence-corrected chi connectivity index (χ4v) is 3.75. The van der Waals surface area contributed by atoms with E-state index in [0.717, 1.165) is 18.5 Å². The zero-order valence-electron chi connectivity index (χ0n) is 14.6. The van der Waals surface area contributed by atoms with Gasteiger partial charge in [-0.05, 0) is 42.6 Å². The standard InChI is InChI=1S/C16H19BrF3N5O/c1-8-13(9(2)24(3)22-8)21-11(26)6-7-25-14(10-4-5-10)12(17)15(23-25)16(18,19)20/h10H,4-7H2,1-3H3,(H,21,26). The van der Waals surface area contributed by atoms with Gasteiger partial charge in [-0.15, -0.1) is 0 Å². The Morgan fingerprint density at radius 2 is 1.96 bits per heavy atom. The van der Waals surface area contributed by atoms with Gasteiger partial charge in [0.15, 0.2) is 5.69 Å². The summed E-state index contributed by atoms with van der Waals surface area (Å²) in [6.07, 6.45) is -2.83. The molecule has 2 aromatic heterocycles. The topological polar surface area (TPSA) is 64.7 Å². The molecule has 1 fully saturated rings. The number of amides is 1. The van der Waals surface area contributed by atoms with Crippen molar-refractivity contribution in [3.63, 3.8) is 0 Å². The molecule has 3 rings (SSSR count). The molecular weight excluding hydrogens is 415 g/mol. The van der Waals surface area contributed by atoms with Crippen LogP contribution >= 0.6 is 15.9 Å². The highest BCUT2D eigenvalue weighted by atomic mass is 79.9. The molecule has 1 N–H and O–H groups in total. The van der Waals surface area contributed by atoms with Crippen molar-refractivity contribution >= 4 is 27.5 Å². The summed E-state index contributed by atoms with van der Waals surface area (Å²) < 4.78 is 42.3. The number of carbonyl (C=O) groups excluding carboxylic acids is 1. The van der Waals surface area contributed by atoms with Gasteiger partial charge in [0.25, 0.3) is 0 Å². The third-order valence-electron chi connectivity index (χ3n) is 4.49. The molecule has 0 atom stereocenters. The van der Waals surface area contributed by atoms with Crippen LogP contribution in [0.4, 0.5) is 18.9 Å². The molecule has 1 aliphatic rings. The van der Waals surface area contributed by atoms with Crippen molar-refractivity contribution in [1.82, 2.24) is 19.6 Å². The summed E-state index contributed by atoms with van der Waals surface area (Å²) in [7, 11) is 1.78. The number of rotatable bonds is 5. The van der Waals surface area contributed by atoms with Gasteiger partial charge in [0.2, 0.25) is 5.91 Å². The Morgan fingerprint density at radius 3 is 2.46 bits per heavy atom. The average molecular weight is 434 g/mol. The van der Waals surface area contributed by atoms with Crippen LogP contribution in [-0.2, 0) is 24.6 Å². The predicted octanol–water partition coefficient (Wildman–Crippen LogP) is 3.92. The number of nitrogens with zero attached hydrogens (tertiary/aromatic N) is 4. The molecule has 10 heteroatoms. The Labute approximate surface area is 156 Å². The van der Waals surface area contributed by atoms with Crippen LogP contribution in [0.2, 0.25) is 0 Å². The molecule has 1 aliphatic carbocycles. The van der Waals surface area contributed by atoms with Gasteiger partial charge in [0.05, 0.1) is 33.8 Å². The van der Waals surface area contributed by atoms with Gasteiger partial charge in [0, 0.05) is 19.4 Å². The first kappa shape index (κ1) is 18.9. The number of anilines is 1. The van der Waals surface area contributed by atoms with Gasteiger partial charge in [0.1, 0.15) is 0 Å². The monoisotopic (exact) mass is 433 g/mol. The second kappa shape index (κ2) is 6.71. The minimum absolute atomic E-state index is 0.00754. The number of hydrogen-bond donors (Lipinski definition) is 1. The van der Waals surface area contributed by atoms with Crippen molar-refractivity contribution in [2.45, 2.75) is 51.7 Å². The maximum absolute atomic E-state index is 13.1. The van der Waals surface area contributed by atoms with E-state index in [9.17, 15) is 18.0 Å². The van der Waals surface area contributed by atoms with Crippen LogP contribution < -0.4 is 5.32 Å². The Kier molecular flexibility index (Phi) is 4.89. The van der Waals surface area contributed by atoms with Crippen molar-refractivity contribution in [1.29, 1.82) is 0 Å². The van der Waals surface area contributed by atoms with E-state index in [1.54, 1.807) is 18.7 Å². The van der Waals surface area contributed by atoms with E-state index in [-0.39, 0.29) is 29.3 Å². The molecule has 2 heterocycles. The van der Waals surface area contributed by atoms with E-state index in [1.165, 1.54) is 4.68 Å². The minimum atomic E-state index is -4.53. The van der Waals surface area contributed by atoms with E-state index < -0.39 is 11.9 Å². The van der Waals surface area contributed by atoms with E-state index in [1.807, 2.05) is 6.92 Å². The Morgan fingerprint density at radius 1 is 1.31 bits per heavy atom. The lowest BCUT2D eigenvalue weighted by Crippen LogP contribution is -2.17. The lowest BCUT2D eigenvalue weighted by atomic mass is 10.2. The van der Waals surface area contributed by atoms with Gasteiger partial charge < -0.3 is 5.32 Å². The highest BCUT2D eigenvalue weighted by molar-refractivity contribution is 9.10. The number of hydrogen-bond acceptors (Lipinski definition) is 3. The molecule has 0 aliphatic heterocycles. The zero-order chi connectivity index (χ0) is 19.2. The summed E-state index contributed by atoms with van der Waals surface area (Å²) >= 11 is 3.05. The molecule has 2 aromatic rings. The van der Waals surface area contributed by atoms with Gasteiger partial charge in [-0.3, -0.25) is 14.2 Å². The van der Waals surface area contributed by atoms with Crippen LogP contribution in [0, 0.1) is 13.8 Å². The molecule has 1 saturated carbocycles. The number of aromatic nitrogens is 4. The van der Waals surface area contributed by atoms with Gasteiger partial charge in [-0.1, -0.05) is 0 Å². The smallest absolute Gasteiger partial charge is 0.323 e. The molecule has 0 bridgehead atoms. The highest BCUT2D eigenvalue weighted by Gasteiger charge is 2.41. The second-order valence-corrected chi connectivity index (χ2v) is 7.30. The number of nitrogens with one attached hydrogen (secondary N) is 1. The molecule has 0 spiro atoms. The van der Waals surface area contributed by atoms with Crippen LogP contribution in [0.3, 0.4) is 0 Å². The molecule has 6 nitrogen and oxygen atoms in total. The summed E-state index contributed by atoms with van der Waals surface area (Å²) in [5, 5.41) is 10.7. The average Bonchev–Trinajstić information content (AvgIpc) is 3.27. The van der Waals surface area contributed by atoms with Crippen molar-refractivity contribution in [3.05, 3.63) is 27.2 Å². The predicted molar refractivity (Wildman–Crippen MR) is 92.8 cm³/mol. The Balaban J connectivity index is 1.74. The van der Waals surface area contributed by atoms with Crippen LogP contribution in [0.5, 0.6) is 0 Å². The molecule has 0 saturated heterocycles. The van der Waals surface area contributed by atoms with Crippen molar-refractivity contribution in [3.8, 4) is 0 Å². The number of carbonyl (C=O) groups is 1. The van der Waals surface area contributed by atoms with Gasteiger partial charge in [-0.25, -0.2) is 0 Å². The maximum Gasteiger partial charge on any atom is 0.436 e. The van der Waals surface area contributed by atoms with Crippen LogP contribution in [0.25, 0.3) is 0 Å². The summed E-state index contributed by atoms with van der Waals surface area (Å²) in [5.41, 5.74) is 1.74. The summed E-state index contributed by atoms with van der Waals surface area (Å²) in [5.74, 6) is -0.218. The second-order valence-electron chi connectivity index (χ2n) is 6.51. The lowest BCUT2D eigenvalue weighted by Gasteiger charge is -2.08. The SMILES string of the molecule is Cc1nn(C)c(C)c1NC(=O)CCn1nc(C(F)(F)F)c(Br)c1C1CC1. The normalized spacial score (nSPS) is 14.7. The summed E-state index contributed by atoms with van der Waals surface area (Å²) in [4.78, 5) is 12.3. The molecule has 1 amide bonds. The molecule has 142 valence electrons. The molecule has 26 heavy (non-hydrogen) atoms. The quantitative estimate of drug-likeness (QED) is 0.776. The Bertz CT molecular complexity index is 851. The first-order valence-electron chi connectivity index (χ1n) is 8.23. The number of alkyl halides is 3. The summed E-state index contributed by atoms with van der Waals surface area (Å²) in [6.45, 7) is 3.71. The molecule has 0 unspecified atom stereocenters. The van der Waals surface area contributed by atoms with E-state index in [4.69, 9.17) is 0 Å². The van der Waals surface area contributed by atoms with Crippen molar-refractivity contribution < 1.29 is 18.0 Å². The Hall–Kier alpha value is -1.84. The van der Waals surface area contributed by atoms with Gasteiger partial charge >= 0.3 is 6.18 Å². The first-order chi connectivity index (χ1) is 12.1. The van der Waals surface area contributed by atoms with Crippen molar-refractivity contribution in [2.75, 3.05) is 5.32 Å².